The van der Waals surface area contributed by atoms with Gasteiger partial charge in [-0.3, -0.25) is 0 Å². The lowest BCUT2D eigenvalue weighted by Crippen LogP contribution is -2.29. The normalized spacial score (nSPS) is 13.3. The third kappa shape index (κ3) is 15.7. The highest BCUT2D eigenvalue weighted by Gasteiger charge is 2.15. The van der Waals surface area contributed by atoms with Crippen molar-refractivity contribution in [3.8, 4) is 0 Å². The Kier molecular flexibility index (Phi) is 16.7. The molecule has 1 unspecified atom stereocenters. The van der Waals surface area contributed by atoms with Gasteiger partial charge in [0.25, 0.3) is 0 Å². The van der Waals surface area contributed by atoms with Gasteiger partial charge in [-0.05, 0) is 38.0 Å². The van der Waals surface area contributed by atoms with Crippen LogP contribution < -0.4 is 0 Å². The zero-order chi connectivity index (χ0) is 15.9. The van der Waals surface area contributed by atoms with Gasteiger partial charge in [-0.1, -0.05) is 65.5 Å². The zero-order valence-electron chi connectivity index (χ0n) is 13.8. The number of hydrogen-bond donors (Lipinski definition) is 0. The van der Waals surface area contributed by atoms with E-state index < -0.39 is 9.53 Å². The fourth-order valence-corrected chi connectivity index (χ4v) is 3.58. The first-order valence-electron chi connectivity index (χ1n) is 8.23. The highest BCUT2D eigenvalue weighted by atomic mass is 79.9. The van der Waals surface area contributed by atoms with Gasteiger partial charge in [0, 0.05) is 19.8 Å². The minimum Gasteiger partial charge on any atom is -0.376 e. The maximum absolute atomic E-state index is 5.88. The topological polar surface area (TPSA) is 27.7 Å². The second-order valence-electron chi connectivity index (χ2n) is 5.47. The molecule has 0 radical (unpaired) electrons. The number of alkyl halides is 2. The molecule has 0 saturated heterocycles. The van der Waals surface area contributed by atoms with E-state index in [0.29, 0.717) is 9.65 Å². The summed E-state index contributed by atoms with van der Waals surface area (Å²) in [4.78, 5) is 0. The van der Waals surface area contributed by atoms with Gasteiger partial charge in [0.05, 0.1) is 3.74 Å². The minimum atomic E-state index is -1.91. The molecule has 0 aliphatic heterocycles. The highest BCUT2D eigenvalue weighted by molar-refractivity contribution is 9.24. The highest BCUT2D eigenvalue weighted by Crippen LogP contribution is 2.20. The molecule has 0 saturated carbocycles. The minimum absolute atomic E-state index is 0.422. The molecule has 0 aromatic carbocycles. The molecule has 0 aliphatic rings. The van der Waals surface area contributed by atoms with Crippen molar-refractivity contribution < 1.29 is 13.3 Å². The molecular weight excluding hydrogens is 416 g/mol. The van der Waals surface area contributed by atoms with E-state index in [2.05, 4.69) is 52.6 Å². The van der Waals surface area contributed by atoms with E-state index in [4.69, 9.17) is 13.3 Å². The Morgan fingerprint density at radius 3 is 1.81 bits per heavy atom. The van der Waals surface area contributed by atoms with E-state index in [1.54, 1.807) is 0 Å². The SMILES string of the molecule is CCCCO[SiH](OCCCC)OCCC(C)CCC(Br)Br. The van der Waals surface area contributed by atoms with Gasteiger partial charge in [-0.25, -0.2) is 0 Å². The van der Waals surface area contributed by atoms with Crippen LogP contribution >= 0.6 is 31.9 Å². The summed E-state index contributed by atoms with van der Waals surface area (Å²) in [7, 11) is -1.91. The largest absolute Gasteiger partial charge is 0.484 e. The van der Waals surface area contributed by atoms with Crippen LogP contribution in [0.15, 0.2) is 0 Å². The van der Waals surface area contributed by atoms with Crippen molar-refractivity contribution in [2.45, 2.75) is 69.5 Å². The molecule has 0 heterocycles. The number of hydrogen-bond acceptors (Lipinski definition) is 3. The second-order valence-corrected chi connectivity index (χ2v) is 10.5. The number of halogens is 2. The van der Waals surface area contributed by atoms with E-state index in [9.17, 15) is 0 Å². The summed E-state index contributed by atoms with van der Waals surface area (Å²) in [6.07, 6.45) is 7.87. The van der Waals surface area contributed by atoms with E-state index in [0.717, 1.165) is 58.3 Å². The van der Waals surface area contributed by atoms with E-state index >= 15 is 0 Å². The Balaban J connectivity index is 3.80. The van der Waals surface area contributed by atoms with Crippen molar-refractivity contribution in [2.75, 3.05) is 19.8 Å². The third-order valence-corrected chi connectivity index (χ3v) is 5.69. The molecule has 0 aliphatic carbocycles. The molecule has 128 valence electrons. The van der Waals surface area contributed by atoms with Gasteiger partial charge in [0.1, 0.15) is 0 Å². The van der Waals surface area contributed by atoms with Crippen molar-refractivity contribution in [1.29, 1.82) is 0 Å². The van der Waals surface area contributed by atoms with Crippen molar-refractivity contribution in [3.05, 3.63) is 0 Å². The third-order valence-electron chi connectivity index (χ3n) is 3.25. The maximum atomic E-state index is 5.88. The molecule has 0 rings (SSSR count). The fraction of sp³-hybridized carbons (Fsp3) is 1.00. The lowest BCUT2D eigenvalue weighted by molar-refractivity contribution is 0.0864. The molecule has 3 nitrogen and oxygen atoms in total. The molecule has 0 fully saturated rings. The number of unbranched alkanes of at least 4 members (excludes halogenated alkanes) is 2. The lowest BCUT2D eigenvalue weighted by Gasteiger charge is -2.18. The maximum Gasteiger partial charge on any atom is 0.484 e. The van der Waals surface area contributed by atoms with Gasteiger partial charge in [0.15, 0.2) is 0 Å². The predicted octanol–water partition coefficient (Wildman–Crippen LogP) is 5.28. The molecule has 0 aromatic heterocycles. The van der Waals surface area contributed by atoms with Crippen LogP contribution in [0.25, 0.3) is 0 Å². The Labute approximate surface area is 149 Å². The average Bonchev–Trinajstić information content (AvgIpc) is 2.45. The van der Waals surface area contributed by atoms with Crippen LogP contribution in [-0.2, 0) is 13.3 Å². The van der Waals surface area contributed by atoms with Crippen LogP contribution in [-0.4, -0.2) is 33.1 Å². The van der Waals surface area contributed by atoms with E-state index in [-0.39, 0.29) is 0 Å². The first kappa shape index (κ1) is 22.1. The molecule has 1 atom stereocenters. The van der Waals surface area contributed by atoms with Crippen LogP contribution in [0.2, 0.25) is 0 Å². The smallest absolute Gasteiger partial charge is 0.376 e. The summed E-state index contributed by atoms with van der Waals surface area (Å²) in [5.74, 6) is 0.670. The van der Waals surface area contributed by atoms with Crippen molar-refractivity contribution in [3.63, 3.8) is 0 Å². The van der Waals surface area contributed by atoms with Gasteiger partial charge in [-0.2, -0.15) is 0 Å². The molecule has 0 N–H and O–H groups in total. The first-order valence-corrected chi connectivity index (χ1v) is 11.5. The monoisotopic (exact) mass is 446 g/mol. The molecular formula is C15H32Br2O3Si. The summed E-state index contributed by atoms with van der Waals surface area (Å²) < 4.78 is 17.9. The Hall–Kier alpha value is 1.06. The van der Waals surface area contributed by atoms with Gasteiger partial charge >= 0.3 is 9.53 Å². The van der Waals surface area contributed by atoms with Crippen LogP contribution in [0.3, 0.4) is 0 Å². The van der Waals surface area contributed by atoms with E-state index in [1.165, 1.54) is 6.42 Å². The van der Waals surface area contributed by atoms with Gasteiger partial charge in [0.2, 0.25) is 0 Å². The Morgan fingerprint density at radius 2 is 1.33 bits per heavy atom. The predicted molar refractivity (Wildman–Crippen MR) is 99.5 cm³/mol. The molecule has 0 spiro atoms. The zero-order valence-corrected chi connectivity index (χ0v) is 18.1. The quantitative estimate of drug-likeness (QED) is 0.194. The van der Waals surface area contributed by atoms with Gasteiger partial charge in [-0.15, -0.1) is 0 Å². The summed E-state index contributed by atoms with van der Waals surface area (Å²) in [5, 5.41) is 0. The number of rotatable bonds is 15. The standard InChI is InChI=1S/C15H32Br2O3Si/c1-4-6-11-18-21(19-12-7-5-2)20-13-10-14(3)8-9-15(16)17/h14-15,21H,4-13H2,1-3H3. The molecule has 21 heavy (non-hydrogen) atoms. The Morgan fingerprint density at radius 1 is 0.810 bits per heavy atom. The summed E-state index contributed by atoms with van der Waals surface area (Å²) >= 11 is 7.03. The van der Waals surface area contributed by atoms with Crippen LogP contribution in [0.4, 0.5) is 0 Å². The Bertz CT molecular complexity index is 211. The van der Waals surface area contributed by atoms with Crippen LogP contribution in [0, 0.1) is 5.92 Å². The van der Waals surface area contributed by atoms with Crippen molar-refractivity contribution in [2.24, 2.45) is 5.92 Å². The summed E-state index contributed by atoms with van der Waals surface area (Å²) in [5.41, 5.74) is 0. The second kappa shape index (κ2) is 15.9. The molecule has 0 aromatic rings. The summed E-state index contributed by atoms with van der Waals surface area (Å²) in [6, 6.07) is 0. The van der Waals surface area contributed by atoms with E-state index in [1.807, 2.05) is 0 Å². The summed E-state index contributed by atoms with van der Waals surface area (Å²) in [6.45, 7) is 8.90. The fourth-order valence-electron chi connectivity index (χ4n) is 1.71. The molecule has 0 bridgehead atoms. The lowest BCUT2D eigenvalue weighted by atomic mass is 10.0. The first-order chi connectivity index (χ1) is 10.1. The van der Waals surface area contributed by atoms with Crippen LogP contribution in [0.1, 0.15) is 65.7 Å². The molecule has 6 heteroatoms. The van der Waals surface area contributed by atoms with Crippen molar-refractivity contribution >= 4 is 41.4 Å². The molecule has 0 amide bonds. The van der Waals surface area contributed by atoms with Gasteiger partial charge < -0.3 is 13.3 Å². The van der Waals surface area contributed by atoms with Crippen LogP contribution in [0.5, 0.6) is 0 Å². The van der Waals surface area contributed by atoms with Crippen molar-refractivity contribution in [1.82, 2.24) is 0 Å². The average molecular weight is 448 g/mol.